The van der Waals surface area contributed by atoms with Gasteiger partial charge < -0.3 is 14.9 Å². The van der Waals surface area contributed by atoms with Crippen molar-refractivity contribution in [3.05, 3.63) is 42.1 Å². The lowest BCUT2D eigenvalue weighted by atomic mass is 10.2. The van der Waals surface area contributed by atoms with Crippen molar-refractivity contribution in [2.75, 3.05) is 0 Å². The predicted octanol–water partition coefficient (Wildman–Crippen LogP) is 0.645. The lowest BCUT2D eigenvalue weighted by molar-refractivity contribution is 0.0690. The monoisotopic (exact) mass is 280 g/mol. The molecule has 7 nitrogen and oxygen atoms in total. The largest absolute Gasteiger partial charge is 0.477 e. The Morgan fingerprint density at radius 1 is 1.00 bits per heavy atom. The molecular formula is C11H9N2O5P. The standard InChI is InChI=1S/C11H9N2O5P/c14-11(15)9-5-1-3-7(12-9)8-4-2-6-10(13-8)19(16,17)18/h1-6H,(H,14,15)(H2,16,17,18). The van der Waals surface area contributed by atoms with Gasteiger partial charge in [-0.05, 0) is 24.3 Å². The number of aromatic nitrogens is 2. The summed E-state index contributed by atoms with van der Waals surface area (Å²) in [4.78, 5) is 36.5. The molecule has 0 aliphatic carbocycles. The van der Waals surface area contributed by atoms with Crippen molar-refractivity contribution in [2.24, 2.45) is 0 Å². The van der Waals surface area contributed by atoms with Gasteiger partial charge in [-0.25, -0.2) is 14.8 Å². The van der Waals surface area contributed by atoms with Gasteiger partial charge in [0.05, 0.1) is 11.4 Å². The van der Waals surface area contributed by atoms with Crippen LogP contribution in [-0.4, -0.2) is 30.8 Å². The number of carboxylic acids is 1. The van der Waals surface area contributed by atoms with Gasteiger partial charge in [-0.2, -0.15) is 0 Å². The van der Waals surface area contributed by atoms with E-state index >= 15 is 0 Å². The van der Waals surface area contributed by atoms with E-state index in [9.17, 15) is 9.36 Å². The van der Waals surface area contributed by atoms with Crippen LogP contribution in [0.5, 0.6) is 0 Å². The minimum Gasteiger partial charge on any atom is -0.477 e. The number of hydrogen-bond donors (Lipinski definition) is 3. The van der Waals surface area contributed by atoms with E-state index in [-0.39, 0.29) is 22.5 Å². The van der Waals surface area contributed by atoms with Gasteiger partial charge in [0, 0.05) is 0 Å². The second kappa shape index (κ2) is 4.89. The third kappa shape index (κ3) is 3.03. The van der Waals surface area contributed by atoms with Crippen molar-refractivity contribution < 1.29 is 24.3 Å². The average Bonchev–Trinajstić information content (AvgIpc) is 2.38. The summed E-state index contributed by atoms with van der Waals surface area (Å²) in [7, 11) is -4.45. The third-order valence-electron chi connectivity index (χ3n) is 2.26. The first-order chi connectivity index (χ1) is 8.88. The van der Waals surface area contributed by atoms with Gasteiger partial charge in [0.2, 0.25) is 0 Å². The van der Waals surface area contributed by atoms with E-state index in [2.05, 4.69) is 9.97 Å². The number of carboxylic acid groups (broad SMARTS) is 1. The van der Waals surface area contributed by atoms with Crippen LogP contribution in [0, 0.1) is 0 Å². The first kappa shape index (κ1) is 13.4. The van der Waals surface area contributed by atoms with E-state index in [0.717, 1.165) is 0 Å². The summed E-state index contributed by atoms with van der Waals surface area (Å²) in [6, 6.07) is 8.43. The summed E-state index contributed by atoms with van der Waals surface area (Å²) in [5.74, 6) is -1.19. The topological polar surface area (TPSA) is 121 Å². The van der Waals surface area contributed by atoms with Gasteiger partial charge in [0.1, 0.15) is 5.69 Å². The second-order valence-corrected chi connectivity index (χ2v) is 5.18. The minimum absolute atomic E-state index is 0.166. The highest BCUT2D eigenvalue weighted by Crippen LogP contribution is 2.32. The quantitative estimate of drug-likeness (QED) is 0.705. The summed E-state index contributed by atoms with van der Waals surface area (Å²) in [5.41, 5.74) is -0.118. The van der Waals surface area contributed by atoms with Gasteiger partial charge >= 0.3 is 13.6 Å². The molecule has 3 N–H and O–H groups in total. The Kier molecular flexibility index (Phi) is 3.44. The first-order valence-corrected chi connectivity index (χ1v) is 6.73. The molecular weight excluding hydrogens is 271 g/mol. The van der Waals surface area contributed by atoms with Crippen LogP contribution in [0.1, 0.15) is 10.5 Å². The van der Waals surface area contributed by atoms with Crippen LogP contribution in [0.4, 0.5) is 0 Å². The van der Waals surface area contributed by atoms with Crippen LogP contribution in [-0.2, 0) is 4.57 Å². The van der Waals surface area contributed by atoms with Crippen molar-refractivity contribution in [3.63, 3.8) is 0 Å². The number of hydrogen-bond acceptors (Lipinski definition) is 4. The highest BCUT2D eigenvalue weighted by molar-refractivity contribution is 7.60. The summed E-state index contributed by atoms with van der Waals surface area (Å²) in [5, 5.41) is 8.83. The zero-order valence-electron chi connectivity index (χ0n) is 9.46. The fourth-order valence-corrected chi connectivity index (χ4v) is 1.94. The molecule has 0 aliphatic rings. The molecule has 0 radical (unpaired) electrons. The highest BCUT2D eigenvalue weighted by Gasteiger charge is 2.19. The van der Waals surface area contributed by atoms with Crippen LogP contribution in [0.2, 0.25) is 0 Å². The molecule has 0 spiro atoms. The molecule has 2 heterocycles. The van der Waals surface area contributed by atoms with E-state index < -0.39 is 13.6 Å². The molecule has 0 aliphatic heterocycles. The predicted molar refractivity (Wildman–Crippen MR) is 66.1 cm³/mol. The van der Waals surface area contributed by atoms with Crippen molar-refractivity contribution in [3.8, 4) is 11.4 Å². The Hall–Kier alpha value is -2.08. The molecule has 0 saturated carbocycles. The zero-order valence-corrected chi connectivity index (χ0v) is 10.4. The maximum atomic E-state index is 11.1. The van der Waals surface area contributed by atoms with E-state index in [4.69, 9.17) is 14.9 Å². The lowest BCUT2D eigenvalue weighted by Gasteiger charge is -2.05. The molecule has 0 fully saturated rings. The molecule has 2 aromatic heterocycles. The summed E-state index contributed by atoms with van der Waals surface area (Å²) in [6.45, 7) is 0. The number of nitrogens with zero attached hydrogens (tertiary/aromatic N) is 2. The summed E-state index contributed by atoms with van der Waals surface area (Å²) in [6.07, 6.45) is 0. The van der Waals surface area contributed by atoms with Gasteiger partial charge in [-0.15, -0.1) is 0 Å². The van der Waals surface area contributed by atoms with E-state index in [1.54, 1.807) is 0 Å². The Labute approximate surface area is 107 Å². The first-order valence-electron chi connectivity index (χ1n) is 5.12. The fourth-order valence-electron chi connectivity index (χ4n) is 1.42. The number of aromatic carboxylic acids is 1. The van der Waals surface area contributed by atoms with Crippen molar-refractivity contribution in [1.29, 1.82) is 0 Å². The lowest BCUT2D eigenvalue weighted by Crippen LogP contribution is -2.10. The van der Waals surface area contributed by atoms with E-state index in [1.165, 1.54) is 36.4 Å². The molecule has 0 amide bonds. The molecule has 19 heavy (non-hydrogen) atoms. The van der Waals surface area contributed by atoms with E-state index in [0.29, 0.717) is 0 Å². The van der Waals surface area contributed by atoms with Gasteiger partial charge in [-0.1, -0.05) is 12.1 Å². The van der Waals surface area contributed by atoms with Crippen LogP contribution < -0.4 is 5.44 Å². The minimum atomic E-state index is -4.45. The van der Waals surface area contributed by atoms with Gasteiger partial charge in [0.15, 0.2) is 5.44 Å². The number of carbonyl (C=O) groups is 1. The number of rotatable bonds is 3. The molecule has 0 atom stereocenters. The second-order valence-electron chi connectivity index (χ2n) is 3.64. The van der Waals surface area contributed by atoms with Crippen LogP contribution in [0.3, 0.4) is 0 Å². The van der Waals surface area contributed by atoms with Gasteiger partial charge in [-0.3, -0.25) is 4.57 Å². The Morgan fingerprint density at radius 2 is 1.58 bits per heavy atom. The molecule has 8 heteroatoms. The van der Waals surface area contributed by atoms with Crippen molar-refractivity contribution in [2.45, 2.75) is 0 Å². The molecule has 98 valence electrons. The maximum absolute atomic E-state index is 11.1. The van der Waals surface area contributed by atoms with Crippen LogP contribution in [0.25, 0.3) is 11.4 Å². The maximum Gasteiger partial charge on any atom is 0.374 e. The molecule has 0 saturated heterocycles. The molecule has 0 aromatic carbocycles. The van der Waals surface area contributed by atoms with Gasteiger partial charge in [0.25, 0.3) is 0 Å². The zero-order chi connectivity index (χ0) is 14.0. The van der Waals surface area contributed by atoms with Crippen LogP contribution in [0.15, 0.2) is 36.4 Å². The van der Waals surface area contributed by atoms with Crippen molar-refractivity contribution in [1.82, 2.24) is 9.97 Å². The summed E-state index contributed by atoms with van der Waals surface area (Å²) < 4.78 is 11.1. The Morgan fingerprint density at radius 3 is 2.16 bits per heavy atom. The molecule has 2 rings (SSSR count). The molecule has 0 unspecified atom stereocenters. The highest BCUT2D eigenvalue weighted by atomic mass is 31.2. The molecule has 2 aromatic rings. The molecule has 0 bridgehead atoms. The Balaban J connectivity index is 2.51. The smallest absolute Gasteiger partial charge is 0.374 e. The average molecular weight is 280 g/mol. The van der Waals surface area contributed by atoms with Crippen LogP contribution >= 0.6 is 7.60 Å². The SMILES string of the molecule is O=C(O)c1cccc(-c2cccc(P(=O)(O)O)n2)n1. The Bertz CT molecular complexity index is 682. The fraction of sp³-hybridized carbons (Fsp3) is 0. The van der Waals surface area contributed by atoms with E-state index in [1.807, 2.05) is 0 Å². The number of pyridine rings is 2. The third-order valence-corrected chi connectivity index (χ3v) is 3.11. The normalized spacial score (nSPS) is 11.3. The van der Waals surface area contributed by atoms with Crippen molar-refractivity contribution >= 4 is 19.0 Å². The summed E-state index contributed by atoms with van der Waals surface area (Å²) >= 11 is 0.